The molecule has 0 aliphatic heterocycles. The molecule has 1 N–H and O–H groups in total. The van der Waals surface area contributed by atoms with Gasteiger partial charge in [0.1, 0.15) is 16.7 Å². The zero-order valence-electron chi connectivity index (χ0n) is 13.2. The molecule has 2 aromatic rings. The lowest BCUT2D eigenvalue weighted by atomic mass is 10.2. The fraction of sp³-hybridized carbons (Fsp3) is 0.312. The van der Waals surface area contributed by atoms with E-state index in [-0.39, 0.29) is 11.6 Å². The summed E-state index contributed by atoms with van der Waals surface area (Å²) in [5.74, 6) is -0.0961. The van der Waals surface area contributed by atoms with E-state index in [1.54, 1.807) is 29.3 Å². The first kappa shape index (κ1) is 18.8. The van der Waals surface area contributed by atoms with Crippen molar-refractivity contribution in [2.24, 2.45) is 0 Å². The van der Waals surface area contributed by atoms with Gasteiger partial charge in [-0.05, 0) is 30.6 Å². The van der Waals surface area contributed by atoms with Crippen molar-refractivity contribution in [2.45, 2.75) is 12.5 Å². The van der Waals surface area contributed by atoms with Crippen LogP contribution in [0, 0.1) is 0 Å². The quantitative estimate of drug-likeness (QED) is 0.740. The highest BCUT2D eigenvalue weighted by molar-refractivity contribution is 7.98. The molecule has 0 saturated heterocycles. The van der Waals surface area contributed by atoms with Gasteiger partial charge in [0.15, 0.2) is 0 Å². The monoisotopic (exact) mass is 384 g/mol. The molecule has 2 rings (SSSR count). The Morgan fingerprint density at radius 2 is 2.08 bits per heavy atom. The number of thioether (sulfide) groups is 1. The van der Waals surface area contributed by atoms with E-state index in [1.807, 2.05) is 18.4 Å². The zero-order chi connectivity index (χ0) is 17.5. The van der Waals surface area contributed by atoms with E-state index < -0.39 is 12.0 Å². The van der Waals surface area contributed by atoms with Gasteiger partial charge in [-0.1, -0.05) is 23.7 Å². The minimum absolute atomic E-state index is 0.281. The fourth-order valence-corrected chi connectivity index (χ4v) is 3.37. The summed E-state index contributed by atoms with van der Waals surface area (Å²) in [6.07, 6.45) is 2.45. The Morgan fingerprint density at radius 1 is 1.38 bits per heavy atom. The van der Waals surface area contributed by atoms with Crippen LogP contribution >= 0.6 is 34.7 Å². The van der Waals surface area contributed by atoms with Gasteiger partial charge in [-0.2, -0.15) is 11.8 Å². The molecule has 0 spiro atoms. The number of rotatable bonds is 7. The third kappa shape index (κ3) is 4.96. The minimum Gasteiger partial charge on any atom is -0.467 e. The highest BCUT2D eigenvalue weighted by Gasteiger charge is 2.23. The summed E-state index contributed by atoms with van der Waals surface area (Å²) < 4.78 is 4.74. The zero-order valence-corrected chi connectivity index (χ0v) is 15.6. The number of esters is 1. The number of nitrogens with zero attached hydrogens (tertiary/aromatic N) is 1. The summed E-state index contributed by atoms with van der Waals surface area (Å²) in [5.41, 5.74) is 1.17. The Labute approximate surface area is 153 Å². The molecule has 0 aliphatic rings. The van der Waals surface area contributed by atoms with E-state index in [0.717, 1.165) is 16.3 Å². The first-order valence-corrected chi connectivity index (χ1v) is 9.79. The number of hydrogen-bond acceptors (Lipinski definition) is 6. The van der Waals surface area contributed by atoms with Gasteiger partial charge in [0.25, 0.3) is 5.91 Å². The van der Waals surface area contributed by atoms with Gasteiger partial charge < -0.3 is 10.1 Å². The Bertz CT molecular complexity index is 704. The normalized spacial score (nSPS) is 11.8. The molecule has 0 fully saturated rings. The van der Waals surface area contributed by atoms with E-state index in [1.165, 1.54) is 18.4 Å². The molecule has 8 heteroatoms. The second-order valence-electron chi connectivity index (χ2n) is 4.88. The summed E-state index contributed by atoms with van der Waals surface area (Å²) in [7, 11) is 1.31. The number of methoxy groups -OCH3 is 1. The summed E-state index contributed by atoms with van der Waals surface area (Å²) in [6, 6.07) is 6.56. The molecule has 24 heavy (non-hydrogen) atoms. The molecule has 1 aromatic heterocycles. The lowest BCUT2D eigenvalue weighted by Crippen LogP contribution is -2.42. The van der Waals surface area contributed by atoms with Crippen LogP contribution in [0.5, 0.6) is 0 Å². The molecule has 0 radical (unpaired) electrons. The number of halogens is 1. The fourth-order valence-electron chi connectivity index (χ4n) is 1.96. The average Bonchev–Trinajstić information content (AvgIpc) is 3.08. The van der Waals surface area contributed by atoms with E-state index >= 15 is 0 Å². The van der Waals surface area contributed by atoms with Crippen LogP contribution in [0.4, 0.5) is 0 Å². The van der Waals surface area contributed by atoms with Crippen LogP contribution < -0.4 is 5.32 Å². The van der Waals surface area contributed by atoms with Crippen LogP contribution in [0.3, 0.4) is 0 Å². The molecule has 5 nitrogen and oxygen atoms in total. The number of carbonyl (C=O) groups excluding carboxylic acids is 2. The van der Waals surface area contributed by atoms with E-state index in [2.05, 4.69) is 10.3 Å². The first-order valence-electron chi connectivity index (χ1n) is 7.14. The van der Waals surface area contributed by atoms with E-state index in [4.69, 9.17) is 16.3 Å². The molecule has 1 amide bonds. The summed E-state index contributed by atoms with van der Waals surface area (Å²) in [5, 5.41) is 5.72. The highest BCUT2D eigenvalue weighted by atomic mass is 35.5. The number of ether oxygens (including phenoxy) is 1. The maximum Gasteiger partial charge on any atom is 0.328 e. The van der Waals surface area contributed by atoms with Crippen LogP contribution in [0.1, 0.15) is 16.9 Å². The second kappa shape index (κ2) is 9.05. The molecule has 0 bridgehead atoms. The number of nitrogens with one attached hydrogen (secondary N) is 1. The number of amides is 1. The van der Waals surface area contributed by atoms with Gasteiger partial charge in [-0.3, -0.25) is 4.79 Å². The minimum atomic E-state index is -0.671. The van der Waals surface area contributed by atoms with E-state index in [0.29, 0.717) is 11.4 Å². The van der Waals surface area contributed by atoms with Gasteiger partial charge in [0.05, 0.1) is 7.11 Å². The van der Waals surface area contributed by atoms with Crippen LogP contribution in [0.15, 0.2) is 29.6 Å². The summed E-state index contributed by atoms with van der Waals surface area (Å²) in [6.45, 7) is 0. The van der Waals surface area contributed by atoms with Crippen molar-refractivity contribution in [3.05, 3.63) is 40.4 Å². The lowest BCUT2D eigenvalue weighted by Gasteiger charge is -2.15. The maximum atomic E-state index is 12.3. The number of carbonyl (C=O) groups is 2. The largest absolute Gasteiger partial charge is 0.467 e. The molecule has 128 valence electrons. The molecule has 1 atom stereocenters. The van der Waals surface area contributed by atoms with Gasteiger partial charge in [0, 0.05) is 16.0 Å². The third-order valence-electron chi connectivity index (χ3n) is 3.23. The molecule has 1 heterocycles. The molecule has 1 unspecified atom stereocenters. The Hall–Kier alpha value is -1.57. The van der Waals surface area contributed by atoms with Crippen molar-refractivity contribution in [3.63, 3.8) is 0 Å². The number of hydrogen-bond donors (Lipinski definition) is 1. The Balaban J connectivity index is 2.09. The van der Waals surface area contributed by atoms with Gasteiger partial charge in [0.2, 0.25) is 0 Å². The van der Waals surface area contributed by atoms with Crippen molar-refractivity contribution < 1.29 is 14.3 Å². The summed E-state index contributed by atoms with van der Waals surface area (Å²) in [4.78, 5) is 28.4. The lowest BCUT2D eigenvalue weighted by molar-refractivity contribution is -0.142. The molecular formula is C16H17ClN2O3S2. The van der Waals surface area contributed by atoms with Crippen molar-refractivity contribution in [3.8, 4) is 10.6 Å². The molecular weight excluding hydrogens is 368 g/mol. The first-order chi connectivity index (χ1) is 11.5. The molecule has 0 aliphatic carbocycles. The average molecular weight is 385 g/mol. The Kier molecular flexibility index (Phi) is 7.08. The predicted octanol–water partition coefficient (Wildman–Crippen LogP) is 3.49. The second-order valence-corrected chi connectivity index (χ2v) is 7.16. The predicted molar refractivity (Wildman–Crippen MR) is 98.8 cm³/mol. The standard InChI is InChI=1S/C16H17ClN2O3S2/c1-22-16(21)12(7-8-23-2)18-14(20)13-9-24-15(19-13)10-3-5-11(17)6-4-10/h3-6,9,12H,7-8H2,1-2H3,(H,18,20). The van der Waals surface area contributed by atoms with Crippen LogP contribution in [0.25, 0.3) is 10.6 Å². The Morgan fingerprint density at radius 3 is 2.71 bits per heavy atom. The number of benzene rings is 1. The smallest absolute Gasteiger partial charge is 0.328 e. The highest BCUT2D eigenvalue weighted by Crippen LogP contribution is 2.25. The number of thiazole rings is 1. The molecule has 1 aromatic carbocycles. The van der Waals surface area contributed by atoms with Gasteiger partial charge in [-0.25, -0.2) is 9.78 Å². The molecule has 0 saturated carbocycles. The van der Waals surface area contributed by atoms with Crippen molar-refractivity contribution in [1.29, 1.82) is 0 Å². The summed E-state index contributed by atoms with van der Waals surface area (Å²) >= 11 is 8.83. The van der Waals surface area contributed by atoms with Gasteiger partial charge >= 0.3 is 5.97 Å². The number of aromatic nitrogens is 1. The van der Waals surface area contributed by atoms with Crippen LogP contribution in [-0.2, 0) is 9.53 Å². The van der Waals surface area contributed by atoms with Crippen molar-refractivity contribution >= 4 is 46.6 Å². The SMILES string of the molecule is COC(=O)C(CCSC)NC(=O)c1csc(-c2ccc(Cl)cc2)n1. The van der Waals surface area contributed by atoms with Crippen LogP contribution in [-0.4, -0.2) is 42.0 Å². The third-order valence-corrected chi connectivity index (χ3v) is 5.02. The van der Waals surface area contributed by atoms with E-state index in [9.17, 15) is 9.59 Å². The topological polar surface area (TPSA) is 68.3 Å². The van der Waals surface area contributed by atoms with Crippen molar-refractivity contribution in [2.75, 3.05) is 19.1 Å². The maximum absolute atomic E-state index is 12.3. The van der Waals surface area contributed by atoms with Crippen LogP contribution in [0.2, 0.25) is 5.02 Å². The van der Waals surface area contributed by atoms with Crippen molar-refractivity contribution in [1.82, 2.24) is 10.3 Å². The van der Waals surface area contributed by atoms with Gasteiger partial charge in [-0.15, -0.1) is 11.3 Å².